The van der Waals surface area contributed by atoms with Crippen LogP contribution in [-0.4, -0.2) is 61.3 Å². The molecule has 4 aliphatic rings. The Labute approximate surface area is 201 Å². The Morgan fingerprint density at radius 2 is 1.42 bits per heavy atom. The van der Waals surface area contributed by atoms with Gasteiger partial charge in [0.25, 0.3) is 0 Å². The van der Waals surface area contributed by atoms with Crippen LogP contribution in [0.4, 0.5) is 30.7 Å². The summed E-state index contributed by atoms with van der Waals surface area (Å²) in [7, 11) is -6.66. The van der Waals surface area contributed by atoms with E-state index in [4.69, 9.17) is 4.55 Å². The highest BCUT2D eigenvalue weighted by atomic mass is 32.2. The van der Waals surface area contributed by atoms with Gasteiger partial charge in [-0.25, -0.2) is 4.79 Å². The first-order chi connectivity index (χ1) is 16.3. The molecule has 0 spiro atoms. The summed E-state index contributed by atoms with van der Waals surface area (Å²) < 4.78 is 140. The van der Waals surface area contributed by atoms with Crippen LogP contribution in [0.25, 0.3) is 0 Å². The van der Waals surface area contributed by atoms with Crippen molar-refractivity contribution in [3.63, 3.8) is 0 Å². The van der Waals surface area contributed by atoms with Crippen molar-refractivity contribution in [1.29, 1.82) is 0 Å². The second kappa shape index (κ2) is 9.26. The minimum Gasteiger partial charge on any atom is -0.461 e. The smallest absolute Gasteiger partial charge is 0.461 e. The van der Waals surface area contributed by atoms with Crippen LogP contribution in [0.1, 0.15) is 51.9 Å². The first kappa shape index (κ1) is 28.9. The molecule has 0 saturated heterocycles. The summed E-state index contributed by atoms with van der Waals surface area (Å²) in [6.45, 7) is -1.60. The van der Waals surface area contributed by atoms with E-state index in [2.05, 4.69) is 14.2 Å². The molecule has 208 valence electrons. The number of rotatable bonds is 10. The fourth-order valence-corrected chi connectivity index (χ4v) is 6.35. The van der Waals surface area contributed by atoms with Gasteiger partial charge in [0, 0.05) is 6.42 Å². The third kappa shape index (κ3) is 4.91. The Hall–Kier alpha value is -1.68. The number of halogens is 7. The molecule has 4 rings (SSSR count). The Morgan fingerprint density at radius 1 is 0.944 bits per heavy atom. The standard InChI is InChI=1S/C20H25F7O8S/c1-2-33-15(29)18(19(23,24)25,34-4-3-17(21,22)20(26,27)36(30,31)32)35-14(28)16-8-11-5-12(9-16)7-13(6-11)10-16/h11-13H,2-10H2,1H3,(H,30,31,32). The second-order valence-electron chi connectivity index (χ2n) is 9.72. The largest absolute Gasteiger partial charge is 0.468 e. The molecule has 0 aliphatic heterocycles. The predicted octanol–water partition coefficient (Wildman–Crippen LogP) is 4.09. The monoisotopic (exact) mass is 558 g/mol. The van der Waals surface area contributed by atoms with Crippen LogP contribution in [0.15, 0.2) is 0 Å². The maximum atomic E-state index is 14.1. The van der Waals surface area contributed by atoms with Crippen LogP contribution in [0.2, 0.25) is 0 Å². The van der Waals surface area contributed by atoms with Crippen LogP contribution in [0.5, 0.6) is 0 Å². The molecule has 4 aliphatic carbocycles. The number of hydrogen-bond donors (Lipinski definition) is 1. The summed E-state index contributed by atoms with van der Waals surface area (Å²) in [5.74, 6) is -13.7. The molecule has 4 fully saturated rings. The Morgan fingerprint density at radius 3 is 1.81 bits per heavy atom. The highest BCUT2D eigenvalue weighted by Crippen LogP contribution is 2.61. The first-order valence-corrected chi connectivity index (χ1v) is 12.6. The predicted molar refractivity (Wildman–Crippen MR) is 104 cm³/mol. The van der Waals surface area contributed by atoms with Gasteiger partial charge in [0.1, 0.15) is 0 Å². The molecule has 1 N–H and O–H groups in total. The lowest BCUT2D eigenvalue weighted by Crippen LogP contribution is -2.61. The van der Waals surface area contributed by atoms with E-state index in [1.54, 1.807) is 0 Å². The first-order valence-electron chi connectivity index (χ1n) is 11.1. The molecule has 4 saturated carbocycles. The van der Waals surface area contributed by atoms with Crippen molar-refractivity contribution in [2.45, 2.75) is 75.0 Å². The lowest BCUT2D eigenvalue weighted by atomic mass is 9.49. The topological polar surface area (TPSA) is 116 Å². The third-order valence-electron chi connectivity index (χ3n) is 7.10. The molecule has 8 nitrogen and oxygen atoms in total. The molecule has 16 heteroatoms. The molecule has 0 aromatic carbocycles. The van der Waals surface area contributed by atoms with Crippen LogP contribution in [0.3, 0.4) is 0 Å². The lowest BCUT2D eigenvalue weighted by molar-refractivity contribution is -0.361. The van der Waals surface area contributed by atoms with E-state index in [1.165, 1.54) is 0 Å². The fourth-order valence-electron chi connectivity index (χ4n) is 5.87. The number of carbonyl (C=O) groups excluding carboxylic acids is 2. The van der Waals surface area contributed by atoms with Crippen LogP contribution >= 0.6 is 0 Å². The summed E-state index contributed by atoms with van der Waals surface area (Å²) in [4.78, 5) is 25.5. The van der Waals surface area contributed by atoms with Crippen molar-refractivity contribution >= 4 is 22.1 Å². The van der Waals surface area contributed by atoms with Gasteiger partial charge in [-0.2, -0.15) is 39.2 Å². The zero-order chi connectivity index (χ0) is 27.4. The number of carbonyl (C=O) groups is 2. The summed E-state index contributed by atoms with van der Waals surface area (Å²) in [5, 5.41) is -6.08. The van der Waals surface area contributed by atoms with E-state index >= 15 is 0 Å². The summed E-state index contributed by atoms with van der Waals surface area (Å²) in [5.41, 5.74) is -1.36. The second-order valence-corrected chi connectivity index (χ2v) is 11.2. The Kier molecular flexibility index (Phi) is 7.43. The zero-order valence-electron chi connectivity index (χ0n) is 19.0. The van der Waals surface area contributed by atoms with E-state index in [0.29, 0.717) is 0 Å². The number of esters is 2. The number of ether oxygens (including phenoxy) is 3. The SMILES string of the molecule is CCOC(=O)C(OCCC(F)(F)C(F)(F)S(=O)(=O)O)(OC(=O)C12CC3CC(CC(C3)C1)C2)C(F)(F)F. The van der Waals surface area contributed by atoms with Gasteiger partial charge in [-0.05, 0) is 63.2 Å². The van der Waals surface area contributed by atoms with Crippen LogP contribution in [0, 0.1) is 23.2 Å². The van der Waals surface area contributed by atoms with Crippen LogP contribution in [-0.2, 0) is 33.9 Å². The summed E-state index contributed by atoms with van der Waals surface area (Å²) in [6, 6.07) is 0. The maximum absolute atomic E-state index is 14.1. The van der Waals surface area contributed by atoms with E-state index in [9.17, 15) is 48.7 Å². The van der Waals surface area contributed by atoms with Crippen molar-refractivity contribution in [1.82, 2.24) is 0 Å². The molecule has 1 atom stereocenters. The van der Waals surface area contributed by atoms with Crippen molar-refractivity contribution in [3.8, 4) is 0 Å². The van der Waals surface area contributed by atoms with Gasteiger partial charge in [-0.3, -0.25) is 9.35 Å². The molecule has 36 heavy (non-hydrogen) atoms. The molecule has 1 unspecified atom stereocenters. The van der Waals surface area contributed by atoms with Gasteiger partial charge in [0.15, 0.2) is 0 Å². The third-order valence-corrected chi connectivity index (χ3v) is 8.04. The lowest BCUT2D eigenvalue weighted by Gasteiger charge is -2.55. The number of hydrogen-bond acceptors (Lipinski definition) is 7. The maximum Gasteiger partial charge on any atom is 0.468 e. The quantitative estimate of drug-likeness (QED) is 0.185. The Balaban J connectivity index is 1.88. The van der Waals surface area contributed by atoms with Crippen LogP contribution < -0.4 is 0 Å². The molecule has 4 bridgehead atoms. The molecular formula is C20H25F7O8S. The van der Waals surface area contributed by atoms with E-state index in [1.807, 2.05) is 0 Å². The summed E-state index contributed by atoms with van der Waals surface area (Å²) in [6.07, 6.45) is -5.30. The van der Waals surface area contributed by atoms with Crippen molar-refractivity contribution in [2.24, 2.45) is 23.2 Å². The molecule has 0 amide bonds. The van der Waals surface area contributed by atoms with Crippen molar-refractivity contribution in [3.05, 3.63) is 0 Å². The highest BCUT2D eigenvalue weighted by Gasteiger charge is 2.71. The average molecular weight is 558 g/mol. The minimum absolute atomic E-state index is 0.0638. The molecular weight excluding hydrogens is 533 g/mol. The fraction of sp³-hybridized carbons (Fsp3) is 0.900. The van der Waals surface area contributed by atoms with E-state index < -0.39 is 70.2 Å². The average Bonchev–Trinajstić information content (AvgIpc) is 2.70. The summed E-state index contributed by atoms with van der Waals surface area (Å²) >= 11 is 0. The molecule has 0 radical (unpaired) electrons. The van der Waals surface area contributed by atoms with Gasteiger partial charge in [0.2, 0.25) is 0 Å². The van der Waals surface area contributed by atoms with Gasteiger partial charge in [-0.15, -0.1) is 0 Å². The van der Waals surface area contributed by atoms with Gasteiger partial charge in [-0.1, -0.05) is 0 Å². The molecule has 0 heterocycles. The van der Waals surface area contributed by atoms with Crippen molar-refractivity contribution < 1.29 is 67.5 Å². The molecule has 0 aromatic heterocycles. The number of alkyl halides is 7. The normalized spacial score (nSPS) is 30.1. The van der Waals surface area contributed by atoms with E-state index in [-0.39, 0.29) is 37.0 Å². The van der Waals surface area contributed by atoms with E-state index in [0.717, 1.165) is 26.2 Å². The Bertz CT molecular complexity index is 946. The zero-order valence-corrected chi connectivity index (χ0v) is 19.8. The van der Waals surface area contributed by atoms with Gasteiger partial charge < -0.3 is 14.2 Å². The highest BCUT2D eigenvalue weighted by molar-refractivity contribution is 7.87. The van der Waals surface area contributed by atoms with Crippen molar-refractivity contribution in [2.75, 3.05) is 13.2 Å². The molecule has 0 aromatic rings. The minimum atomic E-state index is -6.66. The van der Waals surface area contributed by atoms with Gasteiger partial charge in [0.05, 0.1) is 18.6 Å². The van der Waals surface area contributed by atoms with Gasteiger partial charge >= 0.3 is 45.2 Å².